The van der Waals surface area contributed by atoms with E-state index in [4.69, 9.17) is 0 Å². The number of hydrogen-bond acceptors (Lipinski definition) is 5. The van der Waals surface area contributed by atoms with E-state index >= 15 is 0 Å². The van der Waals surface area contributed by atoms with Gasteiger partial charge in [-0.25, -0.2) is 13.4 Å². The molecule has 7 heteroatoms. The number of nitrogens with zero attached hydrogens (tertiary/aromatic N) is 1. The number of thiazole rings is 1. The highest BCUT2D eigenvalue weighted by molar-refractivity contribution is 7.90. The van der Waals surface area contributed by atoms with Crippen LogP contribution >= 0.6 is 11.3 Å². The maximum Gasteiger partial charge on any atom is 0.230 e. The number of sulfone groups is 1. The third kappa shape index (κ3) is 4.85. The molecular formula is C21H22N2O3S2. The molecule has 1 aromatic heterocycles. The Kier molecular flexibility index (Phi) is 5.96. The van der Waals surface area contributed by atoms with Gasteiger partial charge in [0.05, 0.1) is 17.0 Å². The number of aromatic nitrogens is 1. The number of rotatable bonds is 6. The standard InChI is InChI=1S/C21H22N2O3S2/c1-4-15-5-7-16(8-6-15)21-22-17(13-27-21)12-20(24)23-19-10-9-18(11-14(19)2)28(3,25)26/h5-11,13H,4,12H2,1-3H3,(H,23,24). The van der Waals surface area contributed by atoms with E-state index in [2.05, 4.69) is 29.4 Å². The molecule has 1 heterocycles. The minimum atomic E-state index is -3.27. The van der Waals surface area contributed by atoms with Crippen LogP contribution in [0, 0.1) is 6.92 Å². The zero-order chi connectivity index (χ0) is 20.3. The van der Waals surface area contributed by atoms with E-state index in [-0.39, 0.29) is 17.2 Å². The molecule has 0 saturated carbocycles. The Hall–Kier alpha value is -2.51. The van der Waals surface area contributed by atoms with Gasteiger partial charge in [0.25, 0.3) is 0 Å². The van der Waals surface area contributed by atoms with Gasteiger partial charge in [-0.3, -0.25) is 4.79 Å². The van der Waals surface area contributed by atoms with Crippen molar-refractivity contribution >= 4 is 32.8 Å². The van der Waals surface area contributed by atoms with Gasteiger partial charge in [0, 0.05) is 22.9 Å². The number of hydrogen-bond donors (Lipinski definition) is 1. The molecule has 0 bridgehead atoms. The van der Waals surface area contributed by atoms with E-state index in [1.807, 2.05) is 17.5 Å². The first-order valence-electron chi connectivity index (χ1n) is 8.90. The van der Waals surface area contributed by atoms with Gasteiger partial charge in [-0.2, -0.15) is 0 Å². The maximum absolute atomic E-state index is 12.4. The molecule has 2 aromatic carbocycles. The van der Waals surface area contributed by atoms with Gasteiger partial charge in [-0.15, -0.1) is 11.3 Å². The largest absolute Gasteiger partial charge is 0.326 e. The molecule has 0 aliphatic carbocycles. The van der Waals surface area contributed by atoms with E-state index in [0.29, 0.717) is 16.9 Å². The first-order chi connectivity index (χ1) is 13.3. The second kappa shape index (κ2) is 8.24. The van der Waals surface area contributed by atoms with Crippen LogP contribution in [-0.4, -0.2) is 25.6 Å². The van der Waals surface area contributed by atoms with E-state index in [9.17, 15) is 13.2 Å². The molecule has 146 valence electrons. The minimum Gasteiger partial charge on any atom is -0.326 e. The molecular weight excluding hydrogens is 392 g/mol. The third-order valence-corrected chi connectivity index (χ3v) is 6.45. The van der Waals surface area contributed by atoms with Crippen LogP contribution in [0.1, 0.15) is 23.7 Å². The van der Waals surface area contributed by atoms with Crippen molar-refractivity contribution in [3.05, 3.63) is 64.7 Å². The molecule has 3 rings (SSSR count). The van der Waals surface area contributed by atoms with Crippen LogP contribution in [0.25, 0.3) is 10.6 Å². The van der Waals surface area contributed by atoms with Crippen LogP contribution < -0.4 is 5.32 Å². The van der Waals surface area contributed by atoms with Crippen molar-refractivity contribution in [1.29, 1.82) is 0 Å². The number of nitrogens with one attached hydrogen (secondary N) is 1. The SMILES string of the molecule is CCc1ccc(-c2nc(CC(=O)Nc3ccc(S(C)(=O)=O)cc3C)cs2)cc1. The van der Waals surface area contributed by atoms with Crippen LogP contribution in [0.15, 0.2) is 52.7 Å². The highest BCUT2D eigenvalue weighted by Crippen LogP contribution is 2.25. The van der Waals surface area contributed by atoms with Crippen molar-refractivity contribution in [3.63, 3.8) is 0 Å². The lowest BCUT2D eigenvalue weighted by atomic mass is 10.1. The number of benzene rings is 2. The number of anilines is 1. The summed E-state index contributed by atoms with van der Waals surface area (Å²) >= 11 is 1.51. The van der Waals surface area contributed by atoms with E-state index in [0.717, 1.165) is 23.2 Å². The van der Waals surface area contributed by atoms with Crippen LogP contribution in [0.3, 0.4) is 0 Å². The Balaban J connectivity index is 1.68. The Morgan fingerprint density at radius 2 is 1.86 bits per heavy atom. The molecule has 0 aliphatic rings. The predicted octanol–water partition coefficient (Wildman–Crippen LogP) is 4.27. The van der Waals surface area contributed by atoms with E-state index in [1.165, 1.54) is 23.0 Å². The van der Waals surface area contributed by atoms with Gasteiger partial charge in [-0.1, -0.05) is 31.2 Å². The predicted molar refractivity (Wildman–Crippen MR) is 114 cm³/mol. The molecule has 0 saturated heterocycles. The van der Waals surface area contributed by atoms with Crippen LogP contribution in [0.2, 0.25) is 0 Å². The summed E-state index contributed by atoms with van der Waals surface area (Å²) in [5, 5.41) is 5.61. The van der Waals surface area contributed by atoms with Crippen LogP contribution in [0.5, 0.6) is 0 Å². The van der Waals surface area contributed by atoms with Crippen LogP contribution in [0.4, 0.5) is 5.69 Å². The van der Waals surface area contributed by atoms with Gasteiger partial charge in [0.1, 0.15) is 5.01 Å². The second-order valence-corrected chi connectivity index (χ2v) is 9.54. The third-order valence-electron chi connectivity index (χ3n) is 4.40. The molecule has 1 amide bonds. The molecule has 0 spiro atoms. The molecule has 5 nitrogen and oxygen atoms in total. The zero-order valence-electron chi connectivity index (χ0n) is 16.0. The van der Waals surface area contributed by atoms with Crippen molar-refractivity contribution < 1.29 is 13.2 Å². The monoisotopic (exact) mass is 414 g/mol. The highest BCUT2D eigenvalue weighted by Gasteiger charge is 2.13. The van der Waals surface area contributed by atoms with Crippen molar-refractivity contribution in [2.24, 2.45) is 0 Å². The molecule has 1 N–H and O–H groups in total. The topological polar surface area (TPSA) is 76.1 Å². The number of amides is 1. The summed E-state index contributed by atoms with van der Waals surface area (Å²) < 4.78 is 23.2. The highest BCUT2D eigenvalue weighted by atomic mass is 32.2. The Bertz CT molecular complexity index is 1100. The normalized spacial score (nSPS) is 11.4. The van der Waals surface area contributed by atoms with Gasteiger partial charge in [0.15, 0.2) is 9.84 Å². The number of carbonyl (C=O) groups excluding carboxylic acids is 1. The summed E-state index contributed by atoms with van der Waals surface area (Å²) in [6.07, 6.45) is 2.32. The molecule has 0 unspecified atom stereocenters. The van der Waals surface area contributed by atoms with Gasteiger partial charge >= 0.3 is 0 Å². The first-order valence-corrected chi connectivity index (χ1v) is 11.7. The summed E-state index contributed by atoms with van der Waals surface area (Å²) in [5.41, 5.74) is 4.33. The summed E-state index contributed by atoms with van der Waals surface area (Å²) in [6, 6.07) is 13.0. The lowest BCUT2D eigenvalue weighted by molar-refractivity contribution is -0.115. The van der Waals surface area contributed by atoms with Gasteiger partial charge in [-0.05, 0) is 42.7 Å². The van der Waals surface area contributed by atoms with Crippen molar-refractivity contribution in [2.75, 3.05) is 11.6 Å². The summed E-state index contributed by atoms with van der Waals surface area (Å²) in [4.78, 5) is 17.2. The lowest BCUT2D eigenvalue weighted by Gasteiger charge is -2.09. The van der Waals surface area contributed by atoms with Crippen molar-refractivity contribution in [1.82, 2.24) is 4.98 Å². The molecule has 3 aromatic rings. The second-order valence-electron chi connectivity index (χ2n) is 6.67. The quantitative estimate of drug-likeness (QED) is 0.654. The Morgan fingerprint density at radius 1 is 1.14 bits per heavy atom. The maximum atomic E-state index is 12.4. The van der Waals surface area contributed by atoms with E-state index < -0.39 is 9.84 Å². The first kappa shape index (κ1) is 20.2. The minimum absolute atomic E-state index is 0.164. The lowest BCUT2D eigenvalue weighted by Crippen LogP contribution is -2.15. The van der Waals surface area contributed by atoms with Crippen molar-refractivity contribution in [3.8, 4) is 10.6 Å². The van der Waals surface area contributed by atoms with Crippen LogP contribution in [-0.2, 0) is 27.5 Å². The fourth-order valence-corrected chi connectivity index (χ4v) is 4.30. The molecule has 28 heavy (non-hydrogen) atoms. The van der Waals surface area contributed by atoms with Gasteiger partial charge in [0.2, 0.25) is 5.91 Å². The Morgan fingerprint density at radius 3 is 2.46 bits per heavy atom. The average Bonchev–Trinajstić information content (AvgIpc) is 3.11. The zero-order valence-corrected chi connectivity index (χ0v) is 17.7. The summed E-state index contributed by atoms with van der Waals surface area (Å²) in [6.45, 7) is 3.89. The Labute approximate surface area is 169 Å². The number of carbonyl (C=O) groups is 1. The fourth-order valence-electron chi connectivity index (χ4n) is 2.77. The van der Waals surface area contributed by atoms with Crippen molar-refractivity contribution in [2.45, 2.75) is 31.6 Å². The smallest absolute Gasteiger partial charge is 0.230 e. The molecule has 0 atom stereocenters. The summed E-state index contributed by atoms with van der Waals surface area (Å²) in [5.74, 6) is -0.187. The molecule has 0 fully saturated rings. The average molecular weight is 415 g/mol. The fraction of sp³-hybridized carbons (Fsp3) is 0.238. The molecule has 0 radical (unpaired) electrons. The van der Waals surface area contributed by atoms with Gasteiger partial charge < -0.3 is 5.32 Å². The van der Waals surface area contributed by atoms with E-state index in [1.54, 1.807) is 19.1 Å². The summed E-state index contributed by atoms with van der Waals surface area (Å²) in [7, 11) is -3.27. The number of aryl methyl sites for hydroxylation is 2. The molecule has 0 aliphatic heterocycles.